The molecule has 7 heteroatoms. The molecule has 0 saturated heterocycles. The number of aromatic nitrogens is 4. The molecule has 3 rings (SSSR count). The van der Waals surface area contributed by atoms with Gasteiger partial charge < -0.3 is 5.32 Å². The lowest BCUT2D eigenvalue weighted by molar-refractivity contribution is 0.102. The fraction of sp³-hybridized carbons (Fsp3) is 0.0667. The van der Waals surface area contributed by atoms with Gasteiger partial charge in [-0.05, 0) is 59.3 Å². The van der Waals surface area contributed by atoms with E-state index in [0.717, 1.165) is 11.3 Å². The largest absolute Gasteiger partial charge is 0.319 e. The van der Waals surface area contributed by atoms with E-state index in [0.29, 0.717) is 5.56 Å². The zero-order valence-corrected chi connectivity index (χ0v) is 11.7. The summed E-state index contributed by atoms with van der Waals surface area (Å²) in [4.78, 5) is 12.2. The highest BCUT2D eigenvalue weighted by molar-refractivity contribution is 6.04. The van der Waals surface area contributed by atoms with Gasteiger partial charge in [-0.2, -0.15) is 0 Å². The fourth-order valence-electron chi connectivity index (χ4n) is 1.97. The molecule has 1 aromatic heterocycles. The van der Waals surface area contributed by atoms with E-state index in [1.54, 1.807) is 36.4 Å². The van der Waals surface area contributed by atoms with Crippen LogP contribution in [0.2, 0.25) is 0 Å². The number of nitrogens with one attached hydrogen (secondary N) is 1. The average molecular weight is 297 g/mol. The zero-order valence-electron chi connectivity index (χ0n) is 11.7. The summed E-state index contributed by atoms with van der Waals surface area (Å²) >= 11 is 0. The summed E-state index contributed by atoms with van der Waals surface area (Å²) in [5, 5.41) is 13.4. The molecule has 0 unspecified atom stereocenters. The smallest absolute Gasteiger partial charge is 0.255 e. The number of anilines is 1. The van der Waals surface area contributed by atoms with Crippen molar-refractivity contribution in [2.45, 2.75) is 6.92 Å². The first-order valence-corrected chi connectivity index (χ1v) is 6.54. The number of hydrogen-bond acceptors (Lipinski definition) is 4. The first-order valence-electron chi connectivity index (χ1n) is 6.54. The SMILES string of the molecule is Cc1ccc(F)c(NC(=O)c2ccc(-n3cnnn3)cc2)c1. The van der Waals surface area contributed by atoms with Crippen LogP contribution in [0.5, 0.6) is 0 Å². The molecule has 1 N–H and O–H groups in total. The molecular weight excluding hydrogens is 285 g/mol. The Morgan fingerprint density at radius 1 is 1.18 bits per heavy atom. The van der Waals surface area contributed by atoms with Crippen LogP contribution in [0, 0.1) is 12.7 Å². The molecule has 0 spiro atoms. The average Bonchev–Trinajstić information content (AvgIpc) is 3.05. The van der Waals surface area contributed by atoms with E-state index in [4.69, 9.17) is 0 Å². The molecule has 110 valence electrons. The van der Waals surface area contributed by atoms with Gasteiger partial charge in [0.05, 0.1) is 11.4 Å². The van der Waals surface area contributed by atoms with Crippen LogP contribution in [-0.4, -0.2) is 26.1 Å². The molecule has 3 aromatic rings. The Hall–Kier alpha value is -3.09. The standard InChI is InChI=1S/C15H12FN5O/c1-10-2-7-13(16)14(8-10)18-15(22)11-3-5-12(6-4-11)21-9-17-19-20-21/h2-9H,1H3,(H,18,22). The third kappa shape index (κ3) is 2.83. The van der Waals surface area contributed by atoms with Gasteiger partial charge in [0.25, 0.3) is 5.91 Å². The van der Waals surface area contributed by atoms with Gasteiger partial charge in [-0.1, -0.05) is 6.07 Å². The third-order valence-electron chi connectivity index (χ3n) is 3.11. The van der Waals surface area contributed by atoms with Crippen molar-refractivity contribution in [3.8, 4) is 5.69 Å². The van der Waals surface area contributed by atoms with E-state index < -0.39 is 5.82 Å². The number of hydrogen-bond donors (Lipinski definition) is 1. The van der Waals surface area contributed by atoms with E-state index in [9.17, 15) is 9.18 Å². The highest BCUT2D eigenvalue weighted by atomic mass is 19.1. The van der Waals surface area contributed by atoms with Gasteiger partial charge in [-0.15, -0.1) is 5.10 Å². The maximum atomic E-state index is 13.7. The predicted octanol–water partition coefficient (Wildman–Crippen LogP) is 2.36. The van der Waals surface area contributed by atoms with Gasteiger partial charge in [-0.3, -0.25) is 4.79 Å². The minimum atomic E-state index is -0.468. The predicted molar refractivity (Wildman–Crippen MR) is 78.2 cm³/mol. The van der Waals surface area contributed by atoms with Crippen molar-refractivity contribution >= 4 is 11.6 Å². The Kier molecular flexibility index (Phi) is 3.61. The number of benzene rings is 2. The molecule has 0 aliphatic heterocycles. The lowest BCUT2D eigenvalue weighted by Gasteiger charge is -2.08. The van der Waals surface area contributed by atoms with Gasteiger partial charge in [0, 0.05) is 5.56 Å². The first-order chi connectivity index (χ1) is 10.6. The van der Waals surface area contributed by atoms with Gasteiger partial charge in [-0.25, -0.2) is 9.07 Å². The maximum absolute atomic E-state index is 13.7. The number of halogens is 1. The summed E-state index contributed by atoms with van der Waals surface area (Å²) in [5.41, 5.74) is 2.17. The van der Waals surface area contributed by atoms with Crippen LogP contribution in [0.4, 0.5) is 10.1 Å². The van der Waals surface area contributed by atoms with Crippen LogP contribution in [-0.2, 0) is 0 Å². The second-order valence-electron chi connectivity index (χ2n) is 4.74. The number of carbonyl (C=O) groups excluding carboxylic acids is 1. The van der Waals surface area contributed by atoms with E-state index >= 15 is 0 Å². The van der Waals surface area contributed by atoms with Crippen LogP contribution in [0.1, 0.15) is 15.9 Å². The highest BCUT2D eigenvalue weighted by Crippen LogP contribution is 2.17. The number of carbonyl (C=O) groups is 1. The molecule has 0 bridgehead atoms. The summed E-state index contributed by atoms with van der Waals surface area (Å²) in [6, 6.07) is 11.2. The maximum Gasteiger partial charge on any atom is 0.255 e. The summed E-state index contributed by atoms with van der Waals surface area (Å²) in [6.45, 7) is 1.83. The van der Waals surface area contributed by atoms with Crippen molar-refractivity contribution in [3.05, 3.63) is 65.7 Å². The molecule has 0 radical (unpaired) electrons. The minimum absolute atomic E-state index is 0.162. The Morgan fingerprint density at radius 2 is 1.95 bits per heavy atom. The third-order valence-corrected chi connectivity index (χ3v) is 3.11. The molecule has 0 aliphatic rings. The van der Waals surface area contributed by atoms with Gasteiger partial charge in [0.1, 0.15) is 12.1 Å². The van der Waals surface area contributed by atoms with Crippen LogP contribution >= 0.6 is 0 Å². The molecule has 0 aliphatic carbocycles. The van der Waals surface area contributed by atoms with E-state index in [-0.39, 0.29) is 11.6 Å². The number of rotatable bonds is 3. The Labute approximate surface area is 125 Å². The van der Waals surface area contributed by atoms with Crippen LogP contribution in [0.15, 0.2) is 48.8 Å². The van der Waals surface area contributed by atoms with Crippen molar-refractivity contribution < 1.29 is 9.18 Å². The van der Waals surface area contributed by atoms with Crippen molar-refractivity contribution in [1.82, 2.24) is 20.2 Å². The molecule has 1 heterocycles. The van der Waals surface area contributed by atoms with E-state index in [2.05, 4.69) is 20.8 Å². The van der Waals surface area contributed by atoms with Gasteiger partial charge in [0.2, 0.25) is 0 Å². The first kappa shape index (κ1) is 13.9. The van der Waals surface area contributed by atoms with Crippen LogP contribution < -0.4 is 5.32 Å². The number of nitrogens with zero attached hydrogens (tertiary/aromatic N) is 4. The highest BCUT2D eigenvalue weighted by Gasteiger charge is 2.10. The van der Waals surface area contributed by atoms with Gasteiger partial charge in [0.15, 0.2) is 0 Å². The Balaban J connectivity index is 1.79. The lowest BCUT2D eigenvalue weighted by Crippen LogP contribution is -2.13. The summed E-state index contributed by atoms with van der Waals surface area (Å²) in [6.07, 6.45) is 1.46. The van der Waals surface area contributed by atoms with Crippen molar-refractivity contribution in [3.63, 3.8) is 0 Å². The van der Waals surface area contributed by atoms with Crippen LogP contribution in [0.25, 0.3) is 5.69 Å². The number of amides is 1. The molecular formula is C15H12FN5O. The monoisotopic (exact) mass is 297 g/mol. The molecule has 0 saturated carbocycles. The summed E-state index contributed by atoms with van der Waals surface area (Å²) in [5.74, 6) is -0.850. The summed E-state index contributed by atoms with van der Waals surface area (Å²) in [7, 11) is 0. The molecule has 2 aromatic carbocycles. The quantitative estimate of drug-likeness (QED) is 0.805. The molecule has 0 fully saturated rings. The topological polar surface area (TPSA) is 72.7 Å². The molecule has 0 atom stereocenters. The Bertz CT molecular complexity index is 799. The number of tetrazole rings is 1. The second-order valence-corrected chi connectivity index (χ2v) is 4.74. The van der Waals surface area contributed by atoms with Gasteiger partial charge >= 0.3 is 0 Å². The molecule has 1 amide bonds. The van der Waals surface area contributed by atoms with Crippen molar-refractivity contribution in [2.75, 3.05) is 5.32 Å². The van der Waals surface area contributed by atoms with E-state index in [1.165, 1.54) is 17.1 Å². The Morgan fingerprint density at radius 3 is 2.64 bits per heavy atom. The minimum Gasteiger partial charge on any atom is -0.319 e. The molecule has 22 heavy (non-hydrogen) atoms. The molecule has 6 nitrogen and oxygen atoms in total. The van der Waals surface area contributed by atoms with Crippen molar-refractivity contribution in [2.24, 2.45) is 0 Å². The normalized spacial score (nSPS) is 10.5. The number of aryl methyl sites for hydroxylation is 1. The van der Waals surface area contributed by atoms with Crippen molar-refractivity contribution in [1.29, 1.82) is 0 Å². The van der Waals surface area contributed by atoms with E-state index in [1.807, 2.05) is 6.92 Å². The lowest BCUT2D eigenvalue weighted by atomic mass is 10.1. The zero-order chi connectivity index (χ0) is 15.5. The van der Waals surface area contributed by atoms with Crippen LogP contribution in [0.3, 0.4) is 0 Å². The fourth-order valence-corrected chi connectivity index (χ4v) is 1.97. The summed E-state index contributed by atoms with van der Waals surface area (Å²) < 4.78 is 15.1. The second kappa shape index (κ2) is 5.72.